The number of benzene rings is 1. The Morgan fingerprint density at radius 1 is 1.30 bits per heavy atom. The van der Waals surface area contributed by atoms with Gasteiger partial charge in [-0.1, -0.05) is 12.1 Å². The largest absolute Gasteiger partial charge is 0.480 e. The van der Waals surface area contributed by atoms with Gasteiger partial charge in [-0.05, 0) is 19.1 Å². The molecule has 0 spiro atoms. The number of hydrogen-bond donors (Lipinski definition) is 1. The number of para-hydroxylation sites is 1. The number of hydrogen-bond acceptors (Lipinski definition) is 4. The van der Waals surface area contributed by atoms with Crippen LogP contribution in [0.5, 0.6) is 5.75 Å². The first-order chi connectivity index (χ1) is 9.00. The van der Waals surface area contributed by atoms with Crippen molar-refractivity contribution in [1.29, 1.82) is 0 Å². The lowest BCUT2D eigenvalue weighted by Crippen LogP contribution is -2.39. The highest BCUT2D eigenvalue weighted by Gasteiger charge is 2.34. The molecule has 0 bridgehead atoms. The zero-order chi connectivity index (χ0) is 15.6. The molecule has 0 aliphatic heterocycles. The maximum atomic E-state index is 12.7. The van der Waals surface area contributed by atoms with Gasteiger partial charge in [-0.15, -0.1) is 0 Å². The van der Waals surface area contributed by atoms with E-state index in [1.165, 1.54) is 12.1 Å². The van der Waals surface area contributed by atoms with Gasteiger partial charge in [0.2, 0.25) is 10.0 Å². The number of alkyl halides is 3. The van der Waals surface area contributed by atoms with Crippen molar-refractivity contribution in [2.24, 2.45) is 0 Å². The van der Waals surface area contributed by atoms with Crippen molar-refractivity contribution in [2.45, 2.75) is 19.2 Å². The molecule has 1 N–H and O–H groups in total. The molecule has 20 heavy (non-hydrogen) atoms. The van der Waals surface area contributed by atoms with Gasteiger partial charge in [0, 0.05) is 0 Å². The number of carbonyl (C=O) groups is 1. The van der Waals surface area contributed by atoms with Crippen LogP contribution < -0.4 is 9.46 Å². The Bertz CT molecular complexity index is 598. The maximum absolute atomic E-state index is 12.7. The van der Waals surface area contributed by atoms with E-state index < -0.39 is 39.5 Å². The fourth-order valence-electron chi connectivity index (χ4n) is 1.31. The molecule has 0 radical (unpaired) electrons. The van der Waals surface area contributed by atoms with Gasteiger partial charge in [-0.2, -0.15) is 13.2 Å². The molecule has 9 heteroatoms. The van der Waals surface area contributed by atoms with Crippen LogP contribution in [0, 0.1) is 0 Å². The van der Waals surface area contributed by atoms with Gasteiger partial charge in [0.05, 0.1) is 11.8 Å². The van der Waals surface area contributed by atoms with Crippen molar-refractivity contribution in [2.75, 3.05) is 6.26 Å². The monoisotopic (exact) mass is 311 g/mol. The van der Waals surface area contributed by atoms with Crippen LogP contribution in [0.25, 0.3) is 0 Å². The first kappa shape index (κ1) is 16.3. The van der Waals surface area contributed by atoms with Gasteiger partial charge in [0.25, 0.3) is 5.91 Å². The van der Waals surface area contributed by atoms with Crippen LogP contribution in [0.15, 0.2) is 24.3 Å². The lowest BCUT2D eigenvalue weighted by molar-refractivity contribution is -0.140. The Hall–Kier alpha value is -1.77. The van der Waals surface area contributed by atoms with Crippen LogP contribution in [0.2, 0.25) is 0 Å². The van der Waals surface area contributed by atoms with E-state index >= 15 is 0 Å². The Kier molecular flexibility index (Phi) is 4.64. The zero-order valence-electron chi connectivity index (χ0n) is 10.6. The Balaban J connectivity index is 2.92. The van der Waals surface area contributed by atoms with Crippen molar-refractivity contribution in [3.63, 3.8) is 0 Å². The number of sulfonamides is 1. The van der Waals surface area contributed by atoms with E-state index in [0.29, 0.717) is 0 Å². The van der Waals surface area contributed by atoms with Crippen LogP contribution >= 0.6 is 0 Å². The number of amides is 1. The average Bonchev–Trinajstić information content (AvgIpc) is 2.25. The van der Waals surface area contributed by atoms with E-state index in [1.807, 2.05) is 0 Å². The topological polar surface area (TPSA) is 72.5 Å². The first-order valence-electron chi connectivity index (χ1n) is 5.35. The molecular formula is C11H12F3NO4S. The molecule has 0 aliphatic rings. The third kappa shape index (κ3) is 4.72. The Labute approximate surface area is 113 Å². The molecule has 0 heterocycles. The smallest absolute Gasteiger partial charge is 0.419 e. The number of nitrogens with one attached hydrogen (secondary N) is 1. The fourth-order valence-corrected chi connectivity index (χ4v) is 1.84. The minimum absolute atomic E-state index is 0.545. The second-order valence-electron chi connectivity index (χ2n) is 3.99. The normalized spacial score (nSPS) is 13.7. The van der Waals surface area contributed by atoms with Gasteiger partial charge in [-0.3, -0.25) is 9.52 Å². The lowest BCUT2D eigenvalue weighted by atomic mass is 10.2. The van der Waals surface area contributed by atoms with Gasteiger partial charge in [0.15, 0.2) is 6.10 Å². The van der Waals surface area contributed by atoms with Crippen molar-refractivity contribution < 1.29 is 31.1 Å². The van der Waals surface area contributed by atoms with E-state index in [2.05, 4.69) is 0 Å². The molecule has 0 saturated carbocycles. The maximum Gasteiger partial charge on any atom is 0.419 e. The minimum Gasteiger partial charge on any atom is -0.480 e. The predicted octanol–water partition coefficient (Wildman–Crippen LogP) is 1.55. The SMILES string of the molecule is C[C@@H](Oc1ccccc1C(F)(F)F)C(=O)NS(C)(=O)=O. The van der Waals surface area contributed by atoms with E-state index in [9.17, 15) is 26.4 Å². The summed E-state index contributed by atoms with van der Waals surface area (Å²) < 4.78 is 66.3. The quantitative estimate of drug-likeness (QED) is 0.915. The molecule has 1 aromatic carbocycles. The summed E-state index contributed by atoms with van der Waals surface area (Å²) in [5.41, 5.74) is -1.04. The molecular weight excluding hydrogens is 299 g/mol. The van der Waals surface area contributed by atoms with Gasteiger partial charge >= 0.3 is 6.18 Å². The molecule has 112 valence electrons. The highest BCUT2D eigenvalue weighted by Crippen LogP contribution is 2.36. The van der Waals surface area contributed by atoms with Gasteiger partial charge < -0.3 is 4.74 Å². The van der Waals surface area contributed by atoms with Gasteiger partial charge in [-0.25, -0.2) is 8.42 Å². The summed E-state index contributed by atoms with van der Waals surface area (Å²) in [5, 5.41) is 0. The molecule has 5 nitrogen and oxygen atoms in total. The third-order valence-corrected chi connectivity index (χ3v) is 2.72. The second-order valence-corrected chi connectivity index (χ2v) is 5.74. The van der Waals surface area contributed by atoms with Crippen LogP contribution in [0.3, 0.4) is 0 Å². The standard InChI is InChI=1S/C11H12F3NO4S/c1-7(10(16)15-20(2,17)18)19-9-6-4-3-5-8(9)11(12,13)14/h3-7H,1-2H3,(H,15,16)/t7-/m1/s1. The molecule has 1 atom stereocenters. The predicted molar refractivity (Wildman–Crippen MR) is 64.5 cm³/mol. The average molecular weight is 311 g/mol. The van der Waals surface area contributed by atoms with E-state index in [4.69, 9.17) is 4.74 Å². The summed E-state index contributed by atoms with van der Waals surface area (Å²) in [6.45, 7) is 1.15. The summed E-state index contributed by atoms with van der Waals surface area (Å²) >= 11 is 0. The van der Waals surface area contributed by atoms with Crippen LogP contribution in [0.4, 0.5) is 13.2 Å². The number of ether oxygens (including phenoxy) is 1. The number of carbonyl (C=O) groups excluding carboxylic acids is 1. The van der Waals surface area contributed by atoms with E-state index in [-0.39, 0.29) is 0 Å². The van der Waals surface area contributed by atoms with Crippen molar-refractivity contribution in [1.82, 2.24) is 4.72 Å². The third-order valence-electron chi connectivity index (χ3n) is 2.15. The van der Waals surface area contributed by atoms with E-state index in [1.54, 1.807) is 4.72 Å². The van der Waals surface area contributed by atoms with E-state index in [0.717, 1.165) is 25.3 Å². The summed E-state index contributed by atoms with van der Waals surface area (Å²) in [6.07, 6.45) is -5.28. The molecule has 0 fully saturated rings. The number of rotatable bonds is 4. The fraction of sp³-hybridized carbons (Fsp3) is 0.364. The number of halogens is 3. The van der Waals surface area contributed by atoms with Crippen LogP contribution in [-0.4, -0.2) is 26.7 Å². The van der Waals surface area contributed by atoms with Crippen LogP contribution in [-0.2, 0) is 21.0 Å². The highest BCUT2D eigenvalue weighted by molar-refractivity contribution is 7.89. The molecule has 1 amide bonds. The first-order valence-corrected chi connectivity index (χ1v) is 7.24. The summed E-state index contributed by atoms with van der Waals surface area (Å²) in [4.78, 5) is 11.4. The lowest BCUT2D eigenvalue weighted by Gasteiger charge is -2.17. The summed E-state index contributed by atoms with van der Waals surface area (Å²) in [5.74, 6) is -1.60. The molecule has 0 saturated heterocycles. The zero-order valence-corrected chi connectivity index (χ0v) is 11.4. The summed E-state index contributed by atoms with van der Waals surface area (Å²) in [7, 11) is -3.80. The molecule has 1 aromatic rings. The second kappa shape index (κ2) is 5.70. The molecule has 0 unspecified atom stereocenters. The van der Waals surface area contributed by atoms with Crippen LogP contribution in [0.1, 0.15) is 12.5 Å². The van der Waals surface area contributed by atoms with Crippen molar-refractivity contribution >= 4 is 15.9 Å². The Morgan fingerprint density at radius 3 is 2.35 bits per heavy atom. The highest BCUT2D eigenvalue weighted by atomic mass is 32.2. The van der Waals surface area contributed by atoms with Gasteiger partial charge in [0.1, 0.15) is 5.75 Å². The van der Waals surface area contributed by atoms with Crippen molar-refractivity contribution in [3.8, 4) is 5.75 Å². The molecule has 0 aliphatic carbocycles. The van der Waals surface area contributed by atoms with Crippen molar-refractivity contribution in [3.05, 3.63) is 29.8 Å². The minimum atomic E-state index is -4.64. The Morgan fingerprint density at radius 2 is 1.85 bits per heavy atom. The summed E-state index contributed by atoms with van der Waals surface area (Å²) in [6, 6.07) is 4.34. The molecule has 1 rings (SSSR count). The molecule has 0 aromatic heterocycles.